The summed E-state index contributed by atoms with van der Waals surface area (Å²) in [7, 11) is 0. The van der Waals surface area contributed by atoms with E-state index < -0.39 is 0 Å². The Hall–Kier alpha value is -3.04. The lowest BCUT2D eigenvalue weighted by Crippen LogP contribution is -2.10. The Kier molecular flexibility index (Phi) is 8.52. The average molecular weight is 461 g/mol. The minimum atomic E-state index is -0.204. The Morgan fingerprint density at radius 1 is 0.719 bits per heavy atom. The van der Waals surface area contributed by atoms with Gasteiger partial charge in [-0.2, -0.15) is 0 Å². The molecule has 0 aliphatic carbocycles. The molecule has 4 heteroatoms. The molecule has 32 heavy (non-hydrogen) atoms. The lowest BCUT2D eigenvalue weighted by Gasteiger charge is -2.10. The minimum absolute atomic E-state index is 0.204. The standard InChI is InChI=1S/C21H20N2.C7H6Cl2/c22-20(18-9-5-2-6-10-18)15-21(23)19-13-11-17(12-14-19)16-7-3-1-4-8-16;1-5-2-6(8)4-7(9)3-5/h1-15,20H,22-23H2;2-4H,1H3/b21-15-;. The highest BCUT2D eigenvalue weighted by Crippen LogP contribution is 2.22. The van der Waals surface area contributed by atoms with Crippen molar-refractivity contribution in [3.8, 4) is 11.1 Å². The van der Waals surface area contributed by atoms with Crippen molar-refractivity contribution in [1.29, 1.82) is 0 Å². The van der Waals surface area contributed by atoms with Crippen molar-refractivity contribution in [2.45, 2.75) is 13.0 Å². The molecule has 0 radical (unpaired) electrons. The number of benzene rings is 4. The van der Waals surface area contributed by atoms with Crippen LogP contribution < -0.4 is 11.5 Å². The van der Waals surface area contributed by atoms with Crippen LogP contribution in [0.15, 0.2) is 109 Å². The van der Waals surface area contributed by atoms with Gasteiger partial charge in [-0.3, -0.25) is 0 Å². The first kappa shape index (κ1) is 23.6. The van der Waals surface area contributed by atoms with E-state index in [1.165, 1.54) is 11.1 Å². The van der Waals surface area contributed by atoms with Crippen molar-refractivity contribution in [2.75, 3.05) is 0 Å². The van der Waals surface area contributed by atoms with Crippen LogP contribution >= 0.6 is 23.2 Å². The maximum Gasteiger partial charge on any atom is 0.0504 e. The van der Waals surface area contributed by atoms with Gasteiger partial charge in [0.05, 0.1) is 6.04 Å². The van der Waals surface area contributed by atoms with E-state index in [4.69, 9.17) is 34.7 Å². The van der Waals surface area contributed by atoms with Crippen molar-refractivity contribution in [1.82, 2.24) is 0 Å². The first-order chi connectivity index (χ1) is 15.4. The first-order valence-corrected chi connectivity index (χ1v) is 11.0. The van der Waals surface area contributed by atoms with Crippen LogP contribution in [0, 0.1) is 6.92 Å². The summed E-state index contributed by atoms with van der Waals surface area (Å²) in [4.78, 5) is 0. The highest BCUT2D eigenvalue weighted by atomic mass is 35.5. The predicted molar refractivity (Wildman–Crippen MR) is 139 cm³/mol. The number of rotatable bonds is 4. The second-order valence-electron chi connectivity index (χ2n) is 7.45. The topological polar surface area (TPSA) is 52.0 Å². The van der Waals surface area contributed by atoms with Crippen molar-refractivity contribution < 1.29 is 0 Å². The Labute approximate surface area is 200 Å². The third-order valence-corrected chi connectivity index (χ3v) is 5.31. The molecule has 0 saturated carbocycles. The van der Waals surface area contributed by atoms with Gasteiger partial charge in [-0.15, -0.1) is 0 Å². The zero-order valence-electron chi connectivity index (χ0n) is 17.9. The molecule has 2 nitrogen and oxygen atoms in total. The van der Waals surface area contributed by atoms with E-state index in [1.807, 2.05) is 85.8 Å². The molecule has 162 valence electrons. The summed E-state index contributed by atoms with van der Waals surface area (Å²) in [6.45, 7) is 1.96. The van der Waals surface area contributed by atoms with Gasteiger partial charge < -0.3 is 11.5 Å². The Balaban J connectivity index is 0.000000269. The summed E-state index contributed by atoms with van der Waals surface area (Å²) in [6.07, 6.45) is 1.90. The van der Waals surface area contributed by atoms with E-state index in [1.54, 1.807) is 6.07 Å². The van der Waals surface area contributed by atoms with Gasteiger partial charge in [0, 0.05) is 15.7 Å². The molecular weight excluding hydrogens is 435 g/mol. The van der Waals surface area contributed by atoms with Crippen LogP contribution in [-0.2, 0) is 0 Å². The van der Waals surface area contributed by atoms with Crippen molar-refractivity contribution in [2.24, 2.45) is 11.5 Å². The zero-order valence-corrected chi connectivity index (χ0v) is 19.4. The average Bonchev–Trinajstić information content (AvgIpc) is 2.80. The van der Waals surface area contributed by atoms with Gasteiger partial charge >= 0.3 is 0 Å². The fourth-order valence-electron chi connectivity index (χ4n) is 3.24. The highest BCUT2D eigenvalue weighted by Gasteiger charge is 2.05. The Morgan fingerprint density at radius 3 is 1.75 bits per heavy atom. The van der Waals surface area contributed by atoms with Crippen LogP contribution in [0.25, 0.3) is 16.8 Å². The lowest BCUT2D eigenvalue weighted by molar-refractivity contribution is 0.911. The van der Waals surface area contributed by atoms with E-state index in [0.29, 0.717) is 15.7 Å². The summed E-state index contributed by atoms with van der Waals surface area (Å²) in [5.74, 6) is 0. The number of aryl methyl sites for hydroxylation is 1. The molecule has 4 rings (SSSR count). The highest BCUT2D eigenvalue weighted by molar-refractivity contribution is 6.34. The van der Waals surface area contributed by atoms with Crippen LogP contribution in [0.4, 0.5) is 0 Å². The van der Waals surface area contributed by atoms with Crippen molar-refractivity contribution in [3.63, 3.8) is 0 Å². The lowest BCUT2D eigenvalue weighted by atomic mass is 10.0. The third kappa shape index (κ3) is 7.00. The predicted octanol–water partition coefficient (Wildman–Crippen LogP) is 7.66. The van der Waals surface area contributed by atoms with Gasteiger partial charge in [0.25, 0.3) is 0 Å². The number of hydrogen-bond acceptors (Lipinski definition) is 2. The molecule has 0 bridgehead atoms. The maximum atomic E-state index is 6.20. The van der Waals surface area contributed by atoms with Crippen molar-refractivity contribution in [3.05, 3.63) is 136 Å². The molecule has 0 heterocycles. The second-order valence-corrected chi connectivity index (χ2v) is 8.32. The fraction of sp³-hybridized carbons (Fsp3) is 0.0714. The number of halogens is 2. The first-order valence-electron chi connectivity index (χ1n) is 10.3. The summed E-state index contributed by atoms with van der Waals surface area (Å²) < 4.78 is 0. The smallest absolute Gasteiger partial charge is 0.0504 e. The van der Waals surface area contributed by atoms with Gasteiger partial charge in [-0.05, 0) is 59.0 Å². The van der Waals surface area contributed by atoms with Crippen molar-refractivity contribution >= 4 is 28.9 Å². The second kappa shape index (κ2) is 11.5. The quantitative estimate of drug-likeness (QED) is 0.328. The largest absolute Gasteiger partial charge is 0.398 e. The molecule has 1 atom stereocenters. The SMILES string of the molecule is Cc1cc(Cl)cc(Cl)c1.N/C(=C\C(N)c1ccccc1)c1ccc(-c2ccccc2)cc1. The molecule has 0 aromatic heterocycles. The van der Waals surface area contributed by atoms with Crippen LogP contribution in [0.1, 0.15) is 22.7 Å². The van der Waals surface area contributed by atoms with E-state index >= 15 is 0 Å². The molecule has 0 saturated heterocycles. The van der Waals surface area contributed by atoms with Crippen LogP contribution in [0.2, 0.25) is 10.0 Å². The molecule has 0 aliphatic rings. The number of nitrogens with two attached hydrogens (primary N) is 2. The van der Waals surface area contributed by atoms with E-state index in [9.17, 15) is 0 Å². The van der Waals surface area contributed by atoms with Gasteiger partial charge in [-0.1, -0.05) is 108 Å². The monoisotopic (exact) mass is 460 g/mol. The fourth-order valence-corrected chi connectivity index (χ4v) is 3.87. The molecule has 1 unspecified atom stereocenters. The molecule has 4 aromatic carbocycles. The molecule has 0 spiro atoms. The minimum Gasteiger partial charge on any atom is -0.398 e. The zero-order chi connectivity index (χ0) is 22.9. The third-order valence-electron chi connectivity index (χ3n) is 4.88. The van der Waals surface area contributed by atoms with E-state index in [0.717, 1.165) is 16.7 Å². The van der Waals surface area contributed by atoms with Crippen LogP contribution in [0.3, 0.4) is 0 Å². The molecule has 0 fully saturated rings. The summed E-state index contributed by atoms with van der Waals surface area (Å²) in [5, 5.41) is 1.39. The molecular formula is C28H26Cl2N2. The summed E-state index contributed by atoms with van der Waals surface area (Å²) in [5.41, 5.74) is 18.6. The Morgan fingerprint density at radius 2 is 1.22 bits per heavy atom. The van der Waals surface area contributed by atoms with Gasteiger partial charge in [0.2, 0.25) is 0 Å². The molecule has 0 aliphatic heterocycles. The van der Waals surface area contributed by atoms with Crippen LogP contribution in [0.5, 0.6) is 0 Å². The van der Waals surface area contributed by atoms with E-state index in [2.05, 4.69) is 24.3 Å². The number of hydrogen-bond donors (Lipinski definition) is 2. The summed E-state index contributed by atoms with van der Waals surface area (Å²) in [6, 6.07) is 33.7. The van der Waals surface area contributed by atoms with Gasteiger partial charge in [-0.25, -0.2) is 0 Å². The molecule has 0 amide bonds. The normalized spacial score (nSPS) is 11.9. The Bertz CT molecular complexity index is 1100. The molecule has 4 aromatic rings. The van der Waals surface area contributed by atoms with Gasteiger partial charge in [0.15, 0.2) is 0 Å². The maximum absolute atomic E-state index is 6.20. The van der Waals surface area contributed by atoms with Gasteiger partial charge in [0.1, 0.15) is 0 Å². The summed E-state index contributed by atoms with van der Waals surface area (Å²) >= 11 is 11.3. The van der Waals surface area contributed by atoms with E-state index in [-0.39, 0.29) is 6.04 Å². The van der Waals surface area contributed by atoms with Crippen LogP contribution in [-0.4, -0.2) is 0 Å². The molecule has 4 N–H and O–H groups in total.